The first-order valence-corrected chi connectivity index (χ1v) is 18.8. The first kappa shape index (κ1) is 36.1. The number of hydrogen-bond donors (Lipinski definition) is 2. The van der Waals surface area contributed by atoms with Gasteiger partial charge >= 0.3 is 0 Å². The molecule has 3 nitrogen and oxygen atoms in total. The summed E-state index contributed by atoms with van der Waals surface area (Å²) < 4.78 is 0. The highest BCUT2D eigenvalue weighted by Gasteiger charge is 2.13. The minimum absolute atomic E-state index is 0.127. The number of nitrogens with two attached hydrogens (primary N) is 1. The van der Waals surface area contributed by atoms with Gasteiger partial charge in [0.2, 0.25) is 0 Å². The topological polar surface area (TPSA) is 50.4 Å². The third-order valence-corrected chi connectivity index (χ3v) is 10.2. The van der Waals surface area contributed by atoms with Crippen LogP contribution in [0.4, 0.5) is 0 Å². The molecule has 0 radical (unpaired) electrons. The van der Waals surface area contributed by atoms with Gasteiger partial charge < -0.3 is 11.1 Å². The zero-order valence-electron chi connectivity index (χ0n) is 31.4. The van der Waals surface area contributed by atoms with Crippen molar-refractivity contribution in [1.82, 2.24) is 5.32 Å². The third kappa shape index (κ3) is 7.73. The van der Waals surface area contributed by atoms with E-state index >= 15 is 0 Å². The number of nitrogens with zero attached hydrogens (tertiary/aromatic N) is 1. The van der Waals surface area contributed by atoms with E-state index in [-0.39, 0.29) is 6.04 Å². The normalized spacial score (nSPS) is 12.5. The first-order chi connectivity index (χ1) is 26.5. The number of rotatable bonds is 10. The summed E-state index contributed by atoms with van der Waals surface area (Å²) in [5, 5.41) is 11.2. The molecule has 0 saturated carbocycles. The maximum absolute atomic E-state index is 6.27. The van der Waals surface area contributed by atoms with Crippen molar-refractivity contribution in [2.75, 3.05) is 7.05 Å². The van der Waals surface area contributed by atoms with E-state index in [4.69, 9.17) is 5.73 Å². The standard InChI is InChI=1S/C34H29N.C17H18N2/c1-3-4-8-32(35)24-11-9-23(10-12-24)28-19-22(2)20-29(21-28)30-17-15-27-14-13-25-6-5-7-26-16-18-31(30)34(27)33(25)26;1-18-16(14-9-5-3-6-10-14)13-17(19-2)15-11-7-4-8-12-15/h5-21H,3-4,35H2,1-2H3;3-13,17,19H,1H2,2H3/b32-8-;16-13-. The number of allylic oxidation sites excluding steroid dienone is 1. The molecular formula is C51H47N3. The molecule has 0 saturated heterocycles. The molecule has 266 valence electrons. The van der Waals surface area contributed by atoms with Gasteiger partial charge in [0.05, 0.1) is 11.7 Å². The van der Waals surface area contributed by atoms with Crippen LogP contribution in [-0.4, -0.2) is 13.8 Å². The van der Waals surface area contributed by atoms with Gasteiger partial charge in [0, 0.05) is 5.70 Å². The molecule has 8 aromatic rings. The SMILES string of the molecule is C=N/C(=C\C(NC)c1ccccc1)c1ccccc1.CCC/C=C(\N)c1ccc(-c2cc(C)cc(-c3ccc4ccc5cccc6ccc3c4c56)c2)cc1. The molecule has 1 atom stereocenters. The van der Waals surface area contributed by atoms with Crippen LogP contribution < -0.4 is 11.1 Å². The minimum Gasteiger partial charge on any atom is -0.399 e. The minimum atomic E-state index is 0.127. The van der Waals surface area contributed by atoms with Crippen molar-refractivity contribution in [2.24, 2.45) is 10.7 Å². The zero-order valence-corrected chi connectivity index (χ0v) is 31.4. The van der Waals surface area contributed by atoms with Crippen LogP contribution in [0.2, 0.25) is 0 Å². The highest BCUT2D eigenvalue weighted by atomic mass is 14.9. The van der Waals surface area contributed by atoms with Crippen LogP contribution in [-0.2, 0) is 0 Å². The van der Waals surface area contributed by atoms with Gasteiger partial charge in [0.15, 0.2) is 0 Å². The molecule has 3 heteroatoms. The summed E-state index contributed by atoms with van der Waals surface area (Å²) in [6.07, 6.45) is 6.33. The average molecular weight is 702 g/mol. The van der Waals surface area contributed by atoms with E-state index in [0.717, 1.165) is 35.4 Å². The fourth-order valence-electron chi connectivity index (χ4n) is 7.38. The second-order valence-electron chi connectivity index (χ2n) is 13.8. The first-order valence-electron chi connectivity index (χ1n) is 18.8. The van der Waals surface area contributed by atoms with Crippen molar-refractivity contribution in [3.8, 4) is 22.3 Å². The Hall–Kier alpha value is -6.29. The van der Waals surface area contributed by atoms with Gasteiger partial charge in [-0.25, -0.2) is 0 Å². The fraction of sp³-hybridized carbons (Fsp3) is 0.118. The summed E-state index contributed by atoms with van der Waals surface area (Å²) in [6.45, 7) is 8.03. The van der Waals surface area contributed by atoms with Crippen molar-refractivity contribution < 1.29 is 0 Å². The van der Waals surface area contributed by atoms with Gasteiger partial charge in [-0.2, -0.15) is 0 Å². The number of aliphatic imine (C=N–C) groups is 1. The van der Waals surface area contributed by atoms with Crippen LogP contribution in [0.5, 0.6) is 0 Å². The van der Waals surface area contributed by atoms with Gasteiger partial charge in [-0.3, -0.25) is 4.99 Å². The van der Waals surface area contributed by atoms with E-state index in [9.17, 15) is 0 Å². The van der Waals surface area contributed by atoms with Crippen molar-refractivity contribution in [2.45, 2.75) is 32.7 Å². The molecule has 0 bridgehead atoms. The van der Waals surface area contributed by atoms with E-state index in [0.29, 0.717) is 0 Å². The van der Waals surface area contributed by atoms with E-state index in [2.05, 4.69) is 152 Å². The number of aryl methyl sites for hydroxylation is 1. The lowest BCUT2D eigenvalue weighted by atomic mass is 9.88. The second-order valence-corrected chi connectivity index (χ2v) is 13.8. The fourth-order valence-corrected chi connectivity index (χ4v) is 7.38. The van der Waals surface area contributed by atoms with E-state index in [1.807, 2.05) is 55.6 Å². The number of hydrogen-bond acceptors (Lipinski definition) is 3. The Bertz CT molecular complexity index is 2550. The smallest absolute Gasteiger partial charge is 0.0673 e. The van der Waals surface area contributed by atoms with E-state index in [1.165, 1.54) is 65.7 Å². The molecule has 3 N–H and O–H groups in total. The van der Waals surface area contributed by atoms with Gasteiger partial charge in [-0.05, 0) is 116 Å². The number of likely N-dealkylation sites (N-methyl/N-ethyl adjacent to an activating group) is 1. The molecule has 8 rings (SSSR count). The summed E-state index contributed by atoms with van der Waals surface area (Å²) in [5.74, 6) is 0. The molecule has 0 amide bonds. The Labute approximate surface area is 319 Å². The summed E-state index contributed by atoms with van der Waals surface area (Å²) >= 11 is 0. The van der Waals surface area contributed by atoms with E-state index in [1.54, 1.807) is 0 Å². The molecular weight excluding hydrogens is 655 g/mol. The quantitative estimate of drug-likeness (QED) is 0.110. The Kier molecular flexibility index (Phi) is 11.1. The molecule has 0 heterocycles. The monoisotopic (exact) mass is 701 g/mol. The number of unbranched alkanes of at least 4 members (excludes halogenated alkanes) is 1. The number of benzene rings is 8. The molecule has 0 aliphatic rings. The second kappa shape index (κ2) is 16.6. The van der Waals surface area contributed by atoms with E-state index < -0.39 is 0 Å². The zero-order chi connectivity index (χ0) is 37.4. The summed E-state index contributed by atoms with van der Waals surface area (Å²) in [6, 6.07) is 56.2. The van der Waals surface area contributed by atoms with Crippen LogP contribution in [0.3, 0.4) is 0 Å². The third-order valence-electron chi connectivity index (χ3n) is 10.2. The Morgan fingerprint density at radius 3 is 1.96 bits per heavy atom. The van der Waals surface area contributed by atoms with Gasteiger partial charge in [0.25, 0.3) is 0 Å². The molecule has 0 aliphatic carbocycles. The lowest BCUT2D eigenvalue weighted by molar-refractivity contribution is 0.715. The van der Waals surface area contributed by atoms with Crippen molar-refractivity contribution in [3.63, 3.8) is 0 Å². The van der Waals surface area contributed by atoms with Crippen molar-refractivity contribution in [3.05, 3.63) is 192 Å². The maximum Gasteiger partial charge on any atom is 0.0673 e. The van der Waals surface area contributed by atoms with Crippen LogP contribution >= 0.6 is 0 Å². The average Bonchev–Trinajstić information content (AvgIpc) is 3.23. The van der Waals surface area contributed by atoms with Gasteiger partial charge in [-0.1, -0.05) is 171 Å². The van der Waals surface area contributed by atoms with Crippen molar-refractivity contribution in [1.29, 1.82) is 0 Å². The molecule has 8 aromatic carbocycles. The molecule has 0 aromatic heterocycles. The lowest BCUT2D eigenvalue weighted by Gasteiger charge is -2.15. The van der Waals surface area contributed by atoms with Crippen LogP contribution in [0.1, 0.15) is 48.1 Å². The Morgan fingerprint density at radius 2 is 1.30 bits per heavy atom. The molecule has 0 aliphatic heterocycles. The lowest BCUT2D eigenvalue weighted by Crippen LogP contribution is -2.14. The molecule has 54 heavy (non-hydrogen) atoms. The van der Waals surface area contributed by atoms with Gasteiger partial charge in [-0.15, -0.1) is 0 Å². The number of nitrogens with one attached hydrogen (secondary N) is 1. The summed E-state index contributed by atoms with van der Waals surface area (Å²) in [7, 11) is 1.94. The highest BCUT2D eigenvalue weighted by molar-refractivity contribution is 6.25. The van der Waals surface area contributed by atoms with Crippen LogP contribution in [0.15, 0.2) is 175 Å². The molecule has 0 fully saturated rings. The Morgan fingerprint density at radius 1 is 0.667 bits per heavy atom. The molecule has 1 unspecified atom stereocenters. The predicted octanol–water partition coefficient (Wildman–Crippen LogP) is 13.0. The predicted molar refractivity (Wildman–Crippen MR) is 235 cm³/mol. The summed E-state index contributed by atoms with van der Waals surface area (Å²) in [4.78, 5) is 4.14. The van der Waals surface area contributed by atoms with Crippen molar-refractivity contribution >= 4 is 50.4 Å². The largest absolute Gasteiger partial charge is 0.399 e. The highest BCUT2D eigenvalue weighted by Crippen LogP contribution is 2.40. The van der Waals surface area contributed by atoms with Crippen LogP contribution in [0.25, 0.3) is 66.0 Å². The molecule has 0 spiro atoms. The Balaban J connectivity index is 0.000000201. The maximum atomic E-state index is 6.27. The summed E-state index contributed by atoms with van der Waals surface area (Å²) in [5.41, 5.74) is 17.6. The van der Waals surface area contributed by atoms with Gasteiger partial charge in [0.1, 0.15) is 0 Å². The van der Waals surface area contributed by atoms with Crippen LogP contribution in [0, 0.1) is 6.92 Å².